The fraction of sp³-hybridized carbons (Fsp3) is 0.462. The van der Waals surface area contributed by atoms with E-state index in [0.717, 1.165) is 25.3 Å². The summed E-state index contributed by atoms with van der Waals surface area (Å²) in [6.07, 6.45) is 0. The number of benzene rings is 1. The maximum absolute atomic E-state index is 8.95. The van der Waals surface area contributed by atoms with E-state index in [1.807, 2.05) is 12.1 Å². The first-order chi connectivity index (χ1) is 8.69. The first-order valence-corrected chi connectivity index (χ1v) is 5.98. The number of ether oxygens (including phenoxy) is 1. The number of anilines is 2. The van der Waals surface area contributed by atoms with Gasteiger partial charge in [0.05, 0.1) is 7.11 Å². The first kappa shape index (κ1) is 14.3. The molecule has 0 amide bonds. The molecule has 1 fully saturated rings. The highest BCUT2D eigenvalue weighted by molar-refractivity contribution is 5.54. The average Bonchev–Trinajstić information content (AvgIpc) is 2.41. The summed E-state index contributed by atoms with van der Waals surface area (Å²) in [6.45, 7) is 5.81. The number of nitrogens with one attached hydrogen (secondary N) is 1. The van der Waals surface area contributed by atoms with Crippen LogP contribution in [-0.2, 0) is 9.53 Å². The Labute approximate surface area is 108 Å². The average molecular weight is 251 g/mol. The summed E-state index contributed by atoms with van der Waals surface area (Å²) < 4.78 is 3.86. The molecule has 1 heterocycles. The van der Waals surface area contributed by atoms with E-state index in [2.05, 4.69) is 34.0 Å². The van der Waals surface area contributed by atoms with Gasteiger partial charge < -0.3 is 20.7 Å². The van der Waals surface area contributed by atoms with Crippen LogP contribution in [0.3, 0.4) is 0 Å². The van der Waals surface area contributed by atoms with Gasteiger partial charge in [0.2, 0.25) is 0 Å². The maximum atomic E-state index is 8.95. The minimum atomic E-state index is 0.375. The van der Waals surface area contributed by atoms with E-state index in [0.29, 0.717) is 12.5 Å². The molecule has 3 N–H and O–H groups in total. The quantitative estimate of drug-likeness (QED) is 0.602. The van der Waals surface area contributed by atoms with Gasteiger partial charge in [-0.15, -0.1) is 0 Å². The van der Waals surface area contributed by atoms with Gasteiger partial charge in [-0.25, -0.2) is 0 Å². The van der Waals surface area contributed by atoms with E-state index >= 15 is 0 Å². The maximum Gasteiger partial charge on any atom is 0.292 e. The third-order valence-electron chi connectivity index (χ3n) is 2.82. The molecule has 0 radical (unpaired) electrons. The molecular weight excluding hydrogens is 230 g/mol. The second kappa shape index (κ2) is 7.55. The number of nitrogens with two attached hydrogens (primary N) is 1. The Hall–Kier alpha value is -1.75. The number of methoxy groups -OCH3 is 1. The van der Waals surface area contributed by atoms with Gasteiger partial charge in [-0.3, -0.25) is 4.79 Å². The Morgan fingerprint density at radius 2 is 2.06 bits per heavy atom. The van der Waals surface area contributed by atoms with Crippen LogP contribution in [0.1, 0.15) is 6.92 Å². The highest BCUT2D eigenvalue weighted by Gasteiger charge is 2.17. The van der Waals surface area contributed by atoms with Gasteiger partial charge >= 0.3 is 0 Å². The number of carbonyl (C=O) groups is 1. The number of carbonyl (C=O) groups excluding carboxylic acids is 1. The summed E-state index contributed by atoms with van der Waals surface area (Å²) in [5.74, 6) is 0. The van der Waals surface area contributed by atoms with Gasteiger partial charge in [0.25, 0.3) is 6.47 Å². The number of piperazine rings is 1. The van der Waals surface area contributed by atoms with Crippen molar-refractivity contribution < 1.29 is 9.53 Å². The Kier molecular flexibility index (Phi) is 6.00. The zero-order valence-corrected chi connectivity index (χ0v) is 10.9. The summed E-state index contributed by atoms with van der Waals surface area (Å²) in [5.41, 5.74) is 7.76. The molecule has 1 aliphatic heterocycles. The Morgan fingerprint density at radius 1 is 1.44 bits per heavy atom. The van der Waals surface area contributed by atoms with E-state index in [-0.39, 0.29) is 0 Å². The van der Waals surface area contributed by atoms with Gasteiger partial charge in [0.15, 0.2) is 0 Å². The Morgan fingerprint density at radius 3 is 2.56 bits per heavy atom. The van der Waals surface area contributed by atoms with Crippen LogP contribution in [-0.4, -0.2) is 39.3 Å². The van der Waals surface area contributed by atoms with Gasteiger partial charge in [-0.05, 0) is 31.2 Å². The van der Waals surface area contributed by atoms with Crippen LogP contribution in [0.15, 0.2) is 24.3 Å². The zero-order chi connectivity index (χ0) is 13.4. The second-order valence-corrected chi connectivity index (χ2v) is 4.17. The van der Waals surface area contributed by atoms with Gasteiger partial charge in [0.1, 0.15) is 0 Å². The van der Waals surface area contributed by atoms with Crippen molar-refractivity contribution in [2.45, 2.75) is 13.0 Å². The Balaban J connectivity index is 0.000000357. The van der Waals surface area contributed by atoms with Crippen molar-refractivity contribution in [3.8, 4) is 0 Å². The molecule has 5 heteroatoms. The van der Waals surface area contributed by atoms with E-state index in [4.69, 9.17) is 10.5 Å². The smallest absolute Gasteiger partial charge is 0.292 e. The number of nitrogen functional groups attached to an aromatic ring is 1. The highest BCUT2D eigenvalue weighted by Crippen LogP contribution is 2.19. The molecule has 1 saturated heterocycles. The van der Waals surface area contributed by atoms with Crippen LogP contribution in [0, 0.1) is 0 Å². The molecular formula is C13H21N3O2. The van der Waals surface area contributed by atoms with Crippen LogP contribution < -0.4 is 16.0 Å². The molecule has 0 aromatic heterocycles. The van der Waals surface area contributed by atoms with E-state index in [1.54, 1.807) is 0 Å². The van der Waals surface area contributed by atoms with Crippen molar-refractivity contribution in [2.75, 3.05) is 37.4 Å². The molecule has 0 saturated carbocycles. The van der Waals surface area contributed by atoms with E-state index < -0.39 is 0 Å². The molecule has 1 unspecified atom stereocenters. The molecule has 1 aromatic carbocycles. The van der Waals surface area contributed by atoms with E-state index in [1.165, 1.54) is 12.8 Å². The van der Waals surface area contributed by atoms with Gasteiger partial charge in [-0.2, -0.15) is 0 Å². The molecule has 5 nitrogen and oxygen atoms in total. The third-order valence-corrected chi connectivity index (χ3v) is 2.82. The SMILES string of the molecule is CC1CNCCN1c1ccc(N)cc1.COC=O. The molecule has 0 spiro atoms. The molecule has 1 aromatic rings. The van der Waals surface area contributed by atoms with E-state index in [9.17, 15) is 0 Å². The van der Waals surface area contributed by atoms with Crippen molar-refractivity contribution in [1.29, 1.82) is 0 Å². The predicted octanol–water partition coefficient (Wildman–Crippen LogP) is 0.856. The van der Waals surface area contributed by atoms with Crippen LogP contribution in [0.4, 0.5) is 11.4 Å². The van der Waals surface area contributed by atoms with Crippen molar-refractivity contribution in [3.63, 3.8) is 0 Å². The van der Waals surface area contributed by atoms with Crippen molar-refractivity contribution >= 4 is 17.8 Å². The lowest BCUT2D eigenvalue weighted by Gasteiger charge is -2.35. The topological polar surface area (TPSA) is 67.6 Å². The summed E-state index contributed by atoms with van der Waals surface area (Å²) in [5, 5.41) is 3.38. The van der Waals surface area contributed by atoms with Crippen molar-refractivity contribution in [2.24, 2.45) is 0 Å². The fourth-order valence-electron chi connectivity index (χ4n) is 1.89. The van der Waals surface area contributed by atoms with Crippen molar-refractivity contribution in [1.82, 2.24) is 5.32 Å². The molecule has 1 atom stereocenters. The molecule has 1 aliphatic rings. The minimum Gasteiger partial charge on any atom is -0.471 e. The third kappa shape index (κ3) is 4.25. The van der Waals surface area contributed by atoms with Crippen LogP contribution >= 0.6 is 0 Å². The van der Waals surface area contributed by atoms with Crippen molar-refractivity contribution in [3.05, 3.63) is 24.3 Å². The number of hydrogen-bond acceptors (Lipinski definition) is 5. The molecule has 0 bridgehead atoms. The first-order valence-electron chi connectivity index (χ1n) is 5.98. The van der Waals surface area contributed by atoms with Gasteiger partial charge in [0, 0.05) is 37.1 Å². The second-order valence-electron chi connectivity index (χ2n) is 4.17. The Bertz CT molecular complexity index is 354. The van der Waals surface area contributed by atoms with Crippen LogP contribution in [0.5, 0.6) is 0 Å². The van der Waals surface area contributed by atoms with Crippen LogP contribution in [0.2, 0.25) is 0 Å². The fourth-order valence-corrected chi connectivity index (χ4v) is 1.89. The number of hydrogen-bond donors (Lipinski definition) is 2. The summed E-state index contributed by atoms with van der Waals surface area (Å²) in [6, 6.07) is 8.68. The lowest BCUT2D eigenvalue weighted by Crippen LogP contribution is -2.49. The van der Waals surface area contributed by atoms with Gasteiger partial charge in [-0.1, -0.05) is 0 Å². The number of rotatable bonds is 2. The molecule has 2 rings (SSSR count). The van der Waals surface area contributed by atoms with Crippen LogP contribution in [0.25, 0.3) is 0 Å². The molecule has 100 valence electrons. The highest BCUT2D eigenvalue weighted by atomic mass is 16.5. The standard InChI is InChI=1S/C11H17N3.C2H4O2/c1-9-8-13-6-7-14(9)11-4-2-10(12)3-5-11;1-4-2-3/h2-5,9,13H,6-8,12H2,1H3;2H,1H3. The molecule has 0 aliphatic carbocycles. The normalized spacial score (nSPS) is 18.6. The summed E-state index contributed by atoms with van der Waals surface area (Å²) in [7, 11) is 1.31. The largest absolute Gasteiger partial charge is 0.471 e. The summed E-state index contributed by atoms with van der Waals surface area (Å²) in [4.78, 5) is 11.4. The number of nitrogens with zero attached hydrogens (tertiary/aromatic N) is 1. The zero-order valence-electron chi connectivity index (χ0n) is 10.9. The minimum absolute atomic E-state index is 0.375. The monoisotopic (exact) mass is 251 g/mol. The summed E-state index contributed by atoms with van der Waals surface area (Å²) >= 11 is 0. The molecule has 18 heavy (non-hydrogen) atoms. The predicted molar refractivity (Wildman–Crippen MR) is 73.6 cm³/mol. The lowest BCUT2D eigenvalue weighted by molar-refractivity contribution is -0.126. The lowest BCUT2D eigenvalue weighted by atomic mass is 10.1.